The molecule has 3 aromatic carbocycles. The van der Waals surface area contributed by atoms with Crippen LogP contribution in [0.2, 0.25) is 0 Å². The number of aromatic nitrogens is 1. The molecule has 0 saturated carbocycles. The highest BCUT2D eigenvalue weighted by Gasteiger charge is 2.28. The Labute approximate surface area is 164 Å². The summed E-state index contributed by atoms with van der Waals surface area (Å²) in [6.45, 7) is 0. The molecule has 0 N–H and O–H groups in total. The molecule has 0 spiro atoms. The Kier molecular flexibility index (Phi) is 4.71. The highest BCUT2D eigenvalue weighted by atomic mass is 32.2. The zero-order valence-corrected chi connectivity index (χ0v) is 16.0. The van der Waals surface area contributed by atoms with Crippen LogP contribution in [0.3, 0.4) is 0 Å². The van der Waals surface area contributed by atoms with Crippen LogP contribution in [0, 0.1) is 0 Å². The van der Waals surface area contributed by atoms with E-state index in [1.165, 1.54) is 4.31 Å². The van der Waals surface area contributed by atoms with Crippen LogP contribution in [0.15, 0.2) is 95.4 Å². The van der Waals surface area contributed by atoms with Gasteiger partial charge in [0.1, 0.15) is 0 Å². The summed E-state index contributed by atoms with van der Waals surface area (Å²) in [6, 6.07) is 27.6. The van der Waals surface area contributed by atoms with Gasteiger partial charge in [0, 0.05) is 11.1 Å². The maximum absolute atomic E-state index is 12.7. The molecule has 0 aliphatic heterocycles. The topological polar surface area (TPSA) is 63.4 Å². The molecule has 0 amide bonds. The first kappa shape index (κ1) is 18.0. The van der Waals surface area contributed by atoms with Gasteiger partial charge in [-0.1, -0.05) is 66.7 Å². The monoisotopic (exact) mass is 390 g/mol. The lowest BCUT2D eigenvalue weighted by Crippen LogP contribution is -2.25. The number of hydrogen-bond donors (Lipinski definition) is 0. The van der Waals surface area contributed by atoms with E-state index in [9.17, 15) is 8.42 Å². The van der Waals surface area contributed by atoms with E-state index in [0.717, 1.165) is 17.4 Å². The molecule has 4 rings (SSSR count). The van der Waals surface area contributed by atoms with Crippen molar-refractivity contribution < 1.29 is 12.8 Å². The minimum absolute atomic E-state index is 0.235. The van der Waals surface area contributed by atoms with Gasteiger partial charge in [0.05, 0.1) is 11.9 Å². The van der Waals surface area contributed by atoms with E-state index in [4.69, 9.17) is 4.42 Å². The highest BCUT2D eigenvalue weighted by Crippen LogP contribution is 2.39. The van der Waals surface area contributed by atoms with Gasteiger partial charge in [0.2, 0.25) is 15.9 Å². The van der Waals surface area contributed by atoms with E-state index in [-0.39, 0.29) is 5.82 Å². The Morgan fingerprint density at radius 1 is 0.750 bits per heavy atom. The minimum Gasteiger partial charge on any atom is -0.434 e. The lowest BCUT2D eigenvalue weighted by Gasteiger charge is -2.20. The molecular weight excluding hydrogens is 372 g/mol. The van der Waals surface area contributed by atoms with Crippen LogP contribution in [0.5, 0.6) is 0 Å². The Hall–Kier alpha value is -3.38. The van der Waals surface area contributed by atoms with Crippen LogP contribution in [0.25, 0.3) is 22.8 Å². The van der Waals surface area contributed by atoms with E-state index in [1.54, 1.807) is 24.3 Å². The lowest BCUT2D eigenvalue weighted by atomic mass is 10.2. The molecular formula is C22H18N2O3S. The number of oxazole rings is 1. The summed E-state index contributed by atoms with van der Waals surface area (Å²) >= 11 is 0. The van der Waals surface area contributed by atoms with Crippen LogP contribution in [0.1, 0.15) is 0 Å². The summed E-state index contributed by atoms with van der Waals surface area (Å²) in [4.78, 5) is 4.58. The summed E-state index contributed by atoms with van der Waals surface area (Å²) in [7, 11) is -3.66. The van der Waals surface area contributed by atoms with Gasteiger partial charge in [-0.25, -0.2) is 12.7 Å². The first-order valence-electron chi connectivity index (χ1n) is 8.71. The van der Waals surface area contributed by atoms with E-state index >= 15 is 0 Å². The summed E-state index contributed by atoms with van der Waals surface area (Å²) in [5, 5.41) is 0. The van der Waals surface area contributed by atoms with E-state index in [2.05, 4.69) is 4.98 Å². The second-order valence-corrected chi connectivity index (χ2v) is 8.10. The van der Waals surface area contributed by atoms with E-state index in [1.807, 2.05) is 66.7 Å². The number of sulfonamides is 1. The standard InChI is InChI=1S/C22H18N2O3S/c1-28(25,26)24(19-15-9-4-10-16-19)21-20(17-11-5-2-6-12-17)27-22(23-21)18-13-7-3-8-14-18/h2-16H,1H3. The third-order valence-corrected chi connectivity index (χ3v) is 5.23. The van der Waals surface area contributed by atoms with Crippen molar-refractivity contribution in [1.82, 2.24) is 4.98 Å². The smallest absolute Gasteiger partial charge is 0.237 e. The fourth-order valence-corrected chi connectivity index (χ4v) is 3.91. The zero-order chi connectivity index (χ0) is 19.6. The Balaban J connectivity index is 1.97. The highest BCUT2D eigenvalue weighted by molar-refractivity contribution is 7.92. The third kappa shape index (κ3) is 3.54. The summed E-state index contributed by atoms with van der Waals surface area (Å²) < 4.78 is 32.7. The van der Waals surface area contributed by atoms with Gasteiger partial charge >= 0.3 is 0 Å². The van der Waals surface area contributed by atoms with Gasteiger partial charge in [-0.05, 0) is 24.3 Å². The lowest BCUT2D eigenvalue weighted by molar-refractivity contribution is 0.588. The second-order valence-electron chi connectivity index (χ2n) is 6.27. The molecule has 0 saturated heterocycles. The average molecular weight is 390 g/mol. The van der Waals surface area contributed by atoms with Crippen molar-refractivity contribution >= 4 is 21.5 Å². The minimum atomic E-state index is -3.66. The molecule has 6 heteroatoms. The fourth-order valence-electron chi connectivity index (χ4n) is 2.97. The molecule has 1 aromatic heterocycles. The van der Waals surface area contributed by atoms with Crippen LogP contribution >= 0.6 is 0 Å². The Bertz CT molecular complexity index is 1170. The van der Waals surface area contributed by atoms with Crippen molar-refractivity contribution in [3.8, 4) is 22.8 Å². The van der Waals surface area contributed by atoms with E-state index < -0.39 is 10.0 Å². The van der Waals surface area contributed by atoms with Crippen molar-refractivity contribution in [3.63, 3.8) is 0 Å². The fraction of sp³-hybridized carbons (Fsp3) is 0.0455. The average Bonchev–Trinajstić information content (AvgIpc) is 3.14. The second kappa shape index (κ2) is 7.32. The van der Waals surface area contributed by atoms with Crippen molar-refractivity contribution in [2.24, 2.45) is 0 Å². The molecule has 0 fully saturated rings. The molecule has 0 unspecified atom stereocenters. The number of benzene rings is 3. The van der Waals surface area contributed by atoms with Gasteiger partial charge in [-0.15, -0.1) is 0 Å². The predicted octanol–water partition coefficient (Wildman–Crippen LogP) is 5.11. The number of anilines is 2. The molecule has 1 heterocycles. The van der Waals surface area contributed by atoms with Crippen LogP contribution in [0.4, 0.5) is 11.5 Å². The number of hydrogen-bond acceptors (Lipinski definition) is 4. The van der Waals surface area contributed by atoms with E-state index in [0.29, 0.717) is 17.3 Å². The molecule has 0 bridgehead atoms. The number of nitrogens with zero attached hydrogens (tertiary/aromatic N) is 2. The zero-order valence-electron chi connectivity index (χ0n) is 15.2. The van der Waals surface area contributed by atoms with Crippen molar-refractivity contribution in [2.75, 3.05) is 10.6 Å². The van der Waals surface area contributed by atoms with Crippen molar-refractivity contribution in [1.29, 1.82) is 0 Å². The third-order valence-electron chi connectivity index (χ3n) is 4.18. The van der Waals surface area contributed by atoms with Crippen LogP contribution in [-0.2, 0) is 10.0 Å². The molecule has 0 aliphatic carbocycles. The largest absolute Gasteiger partial charge is 0.434 e. The van der Waals surface area contributed by atoms with Crippen LogP contribution in [-0.4, -0.2) is 19.7 Å². The van der Waals surface area contributed by atoms with Crippen LogP contribution < -0.4 is 4.31 Å². The Morgan fingerprint density at radius 2 is 1.25 bits per heavy atom. The predicted molar refractivity (Wildman–Crippen MR) is 111 cm³/mol. The molecule has 0 aliphatic rings. The molecule has 0 atom stereocenters. The van der Waals surface area contributed by atoms with Gasteiger partial charge in [0.15, 0.2) is 11.6 Å². The maximum Gasteiger partial charge on any atom is 0.237 e. The quantitative estimate of drug-likeness (QED) is 0.475. The summed E-state index contributed by atoms with van der Waals surface area (Å²) in [5.41, 5.74) is 2.01. The summed E-state index contributed by atoms with van der Waals surface area (Å²) in [5.74, 6) is 0.992. The first-order valence-corrected chi connectivity index (χ1v) is 10.6. The van der Waals surface area contributed by atoms with Crippen molar-refractivity contribution in [2.45, 2.75) is 0 Å². The number of para-hydroxylation sites is 1. The normalized spacial score (nSPS) is 11.3. The summed E-state index contributed by atoms with van der Waals surface area (Å²) in [6.07, 6.45) is 1.16. The van der Waals surface area contributed by atoms with Gasteiger partial charge in [0.25, 0.3) is 0 Å². The molecule has 28 heavy (non-hydrogen) atoms. The SMILES string of the molecule is CS(=O)(=O)N(c1ccccc1)c1nc(-c2ccccc2)oc1-c1ccccc1. The van der Waals surface area contributed by atoms with Gasteiger partial charge < -0.3 is 4.42 Å². The van der Waals surface area contributed by atoms with Gasteiger partial charge in [-0.2, -0.15) is 4.98 Å². The molecule has 140 valence electrons. The Morgan fingerprint density at radius 3 is 1.79 bits per heavy atom. The van der Waals surface area contributed by atoms with Crippen molar-refractivity contribution in [3.05, 3.63) is 91.0 Å². The maximum atomic E-state index is 12.7. The molecule has 0 radical (unpaired) electrons. The van der Waals surface area contributed by atoms with Gasteiger partial charge in [-0.3, -0.25) is 0 Å². The first-order chi connectivity index (χ1) is 13.5. The number of rotatable bonds is 5. The molecule has 5 nitrogen and oxygen atoms in total. The molecule has 4 aromatic rings.